The Morgan fingerprint density at radius 1 is 0.625 bits per heavy atom. The number of nitrogens with zero attached hydrogens (tertiary/aromatic N) is 2. The van der Waals surface area contributed by atoms with E-state index in [0.717, 1.165) is 57.1 Å². The van der Waals surface area contributed by atoms with Gasteiger partial charge in [0.2, 0.25) is 0 Å². The summed E-state index contributed by atoms with van der Waals surface area (Å²) in [4.78, 5) is 0.344. The number of sulfone groups is 1. The molecule has 6 rings (SSSR count). The van der Waals surface area contributed by atoms with Gasteiger partial charge in [0.15, 0.2) is 9.84 Å². The van der Waals surface area contributed by atoms with Crippen LogP contribution in [-0.4, -0.2) is 23.3 Å². The smallest absolute Gasteiger partial charge is 0.179 e. The Hall–Kier alpha value is -4.09. The van der Waals surface area contributed by atoms with E-state index in [9.17, 15) is 8.42 Å². The summed E-state index contributed by atoms with van der Waals surface area (Å²) in [6.45, 7) is 7.81. The fourth-order valence-electron chi connectivity index (χ4n) is 6.23. The topological polar surface area (TPSA) is 44.0 Å². The lowest BCUT2D eigenvalue weighted by Crippen LogP contribution is -2.37. The van der Waals surface area contributed by atoms with Gasteiger partial charge in [-0.15, -0.1) is 0 Å². The van der Waals surface area contributed by atoms with Gasteiger partial charge in [0, 0.05) is 47.3 Å². The molecule has 6 aromatic rings. The maximum atomic E-state index is 14.5. The fraction of sp³-hybridized carbons (Fsp3) is 0.200. The zero-order valence-corrected chi connectivity index (χ0v) is 24.0. The van der Waals surface area contributed by atoms with Crippen molar-refractivity contribution < 1.29 is 8.42 Å². The van der Waals surface area contributed by atoms with Gasteiger partial charge in [-0.3, -0.25) is 0 Å². The Morgan fingerprint density at radius 3 is 1.60 bits per heavy atom. The van der Waals surface area contributed by atoms with Crippen molar-refractivity contribution in [1.29, 1.82) is 0 Å². The second-order valence-corrected chi connectivity index (χ2v) is 12.5. The summed E-state index contributed by atoms with van der Waals surface area (Å²) in [5.41, 5.74) is 5.25. The molecule has 0 atom stereocenters. The van der Waals surface area contributed by atoms with Gasteiger partial charge in [-0.25, -0.2) is 8.42 Å². The predicted molar refractivity (Wildman–Crippen MR) is 165 cm³/mol. The molecule has 5 heteroatoms. The minimum Gasteiger partial charge on any atom is -0.347 e. The van der Waals surface area contributed by atoms with Crippen LogP contribution in [0.4, 0.5) is 0 Å². The van der Waals surface area contributed by atoms with Crippen LogP contribution < -0.4 is 0 Å². The summed E-state index contributed by atoms with van der Waals surface area (Å²) in [6, 6.07) is 34.1. The van der Waals surface area contributed by atoms with Crippen LogP contribution in [0, 0.1) is 6.92 Å². The van der Waals surface area contributed by atoms with Crippen LogP contribution in [-0.2, 0) is 28.3 Å². The largest absolute Gasteiger partial charge is 0.347 e. The maximum Gasteiger partial charge on any atom is 0.179 e. The third-order valence-electron chi connectivity index (χ3n) is 8.23. The molecule has 0 N–H and O–H groups in total. The van der Waals surface area contributed by atoms with Gasteiger partial charge in [0.05, 0.1) is 16.1 Å². The minimum absolute atomic E-state index is 0.0947. The Balaban J connectivity index is 1.78. The molecule has 202 valence electrons. The molecule has 0 aliphatic heterocycles. The quantitative estimate of drug-likeness (QED) is 0.196. The number of aromatic nitrogens is 2. The van der Waals surface area contributed by atoms with Crippen molar-refractivity contribution in [3.05, 3.63) is 138 Å². The van der Waals surface area contributed by atoms with E-state index in [1.54, 1.807) is 12.1 Å². The zero-order chi connectivity index (χ0) is 27.9. The van der Waals surface area contributed by atoms with Gasteiger partial charge in [0.25, 0.3) is 0 Å². The number of fused-ring (bicyclic) bond motifs is 2. The van der Waals surface area contributed by atoms with Crippen LogP contribution >= 0.6 is 0 Å². The highest BCUT2D eigenvalue weighted by Gasteiger charge is 2.45. The van der Waals surface area contributed by atoms with Crippen LogP contribution in [0.3, 0.4) is 0 Å². The minimum atomic E-state index is -3.73. The highest BCUT2D eigenvalue weighted by atomic mass is 32.2. The molecule has 0 aliphatic rings. The first-order valence-corrected chi connectivity index (χ1v) is 15.6. The van der Waals surface area contributed by atoms with Crippen LogP contribution in [0.1, 0.15) is 36.1 Å². The molecule has 0 amide bonds. The molecular formula is C35H34N2O2S. The van der Waals surface area contributed by atoms with Crippen molar-refractivity contribution in [1.82, 2.24) is 9.13 Å². The summed E-state index contributed by atoms with van der Waals surface area (Å²) in [7, 11) is -3.73. The molecular weight excluding hydrogens is 512 g/mol. The molecule has 0 radical (unpaired) electrons. The van der Waals surface area contributed by atoms with E-state index >= 15 is 0 Å². The molecule has 0 fully saturated rings. The van der Waals surface area contributed by atoms with Gasteiger partial charge >= 0.3 is 0 Å². The Kier molecular flexibility index (Phi) is 6.63. The Morgan fingerprint density at radius 2 is 1.10 bits per heavy atom. The molecule has 0 saturated heterocycles. The van der Waals surface area contributed by atoms with Gasteiger partial charge in [-0.1, -0.05) is 84.4 Å². The fourth-order valence-corrected chi connectivity index (χ4v) is 7.99. The number of para-hydroxylation sites is 2. The lowest BCUT2D eigenvalue weighted by Gasteiger charge is -2.35. The molecule has 0 bridgehead atoms. The molecule has 2 aromatic heterocycles. The first-order valence-electron chi connectivity index (χ1n) is 13.9. The lowest BCUT2D eigenvalue weighted by atomic mass is 9.70. The first kappa shape index (κ1) is 26.1. The number of aryl methyl sites for hydroxylation is 3. The Labute approximate surface area is 236 Å². The first-order chi connectivity index (χ1) is 19.4. The van der Waals surface area contributed by atoms with E-state index in [4.69, 9.17) is 0 Å². The van der Waals surface area contributed by atoms with E-state index in [0.29, 0.717) is 4.90 Å². The highest BCUT2D eigenvalue weighted by Crippen LogP contribution is 2.47. The molecule has 40 heavy (non-hydrogen) atoms. The standard InChI is InChI=1S/C35H34N2O2S/c1-4-36-23-31(29-15-9-11-17-33(29)36)35(27-13-7-6-8-14-27,25-40(38,39)28-21-19-26(3)20-22-28)32-24-37(5-2)34-18-12-10-16-30(32)34/h6-24H,4-5,25H2,1-3H3. The molecule has 0 aliphatic carbocycles. The summed E-state index contributed by atoms with van der Waals surface area (Å²) in [5, 5.41) is 2.14. The van der Waals surface area contributed by atoms with Crippen molar-refractivity contribution in [2.24, 2.45) is 0 Å². The summed E-state index contributed by atoms with van der Waals surface area (Å²) < 4.78 is 33.5. The number of hydrogen-bond donors (Lipinski definition) is 0. The van der Waals surface area contributed by atoms with E-state index < -0.39 is 15.3 Å². The second kappa shape index (κ2) is 10.1. The van der Waals surface area contributed by atoms with Gasteiger partial charge in [0.1, 0.15) is 0 Å². The average molecular weight is 547 g/mol. The third kappa shape index (κ3) is 4.16. The van der Waals surface area contributed by atoms with Crippen molar-refractivity contribution in [2.45, 2.75) is 44.2 Å². The number of rotatable bonds is 8. The molecule has 0 unspecified atom stereocenters. The van der Waals surface area contributed by atoms with E-state index in [1.807, 2.05) is 49.4 Å². The van der Waals surface area contributed by atoms with Crippen molar-refractivity contribution in [3.63, 3.8) is 0 Å². The molecule has 4 nitrogen and oxygen atoms in total. The van der Waals surface area contributed by atoms with Crippen LogP contribution in [0.5, 0.6) is 0 Å². The average Bonchev–Trinajstić information content (AvgIpc) is 3.56. The second-order valence-electron chi connectivity index (χ2n) is 10.5. The van der Waals surface area contributed by atoms with Gasteiger partial charge < -0.3 is 9.13 Å². The van der Waals surface area contributed by atoms with Gasteiger partial charge in [-0.05, 0) is 61.7 Å². The number of benzene rings is 4. The maximum absolute atomic E-state index is 14.5. The summed E-state index contributed by atoms with van der Waals surface area (Å²) in [6.07, 6.45) is 4.36. The van der Waals surface area contributed by atoms with Crippen molar-refractivity contribution in [2.75, 3.05) is 5.75 Å². The summed E-state index contributed by atoms with van der Waals surface area (Å²) >= 11 is 0. The highest BCUT2D eigenvalue weighted by molar-refractivity contribution is 7.91. The lowest BCUT2D eigenvalue weighted by molar-refractivity contribution is 0.578. The Bertz CT molecular complexity index is 1830. The van der Waals surface area contributed by atoms with E-state index in [-0.39, 0.29) is 5.75 Å². The van der Waals surface area contributed by atoms with Crippen molar-refractivity contribution >= 4 is 31.6 Å². The van der Waals surface area contributed by atoms with Crippen LogP contribution in [0.2, 0.25) is 0 Å². The number of hydrogen-bond acceptors (Lipinski definition) is 2. The van der Waals surface area contributed by atoms with E-state index in [1.165, 1.54) is 0 Å². The summed E-state index contributed by atoms with van der Waals surface area (Å²) in [5.74, 6) is -0.0947. The van der Waals surface area contributed by atoms with E-state index in [2.05, 4.69) is 83.9 Å². The van der Waals surface area contributed by atoms with Crippen molar-refractivity contribution in [3.8, 4) is 0 Å². The molecule has 0 saturated carbocycles. The monoisotopic (exact) mass is 546 g/mol. The third-order valence-corrected chi connectivity index (χ3v) is 10.0. The SMILES string of the molecule is CCn1cc(C(CS(=O)(=O)c2ccc(C)cc2)(c2ccccc2)c2cn(CC)c3ccccc23)c2ccccc21. The zero-order valence-electron chi connectivity index (χ0n) is 23.2. The van der Waals surface area contributed by atoms with Gasteiger partial charge in [-0.2, -0.15) is 0 Å². The molecule has 2 heterocycles. The van der Waals surface area contributed by atoms with Crippen LogP contribution in [0.15, 0.2) is 120 Å². The predicted octanol–water partition coefficient (Wildman–Crippen LogP) is 7.75. The normalized spacial score (nSPS) is 12.4. The van der Waals surface area contributed by atoms with Crippen LogP contribution in [0.25, 0.3) is 21.8 Å². The molecule has 0 spiro atoms. The molecule has 4 aromatic carbocycles.